The summed E-state index contributed by atoms with van der Waals surface area (Å²) in [5, 5.41) is 3.95. The van der Waals surface area contributed by atoms with Crippen LogP contribution in [-0.4, -0.2) is 31.4 Å². The average Bonchev–Trinajstić information content (AvgIpc) is 2.65. The number of amides is 1. The van der Waals surface area contributed by atoms with E-state index in [4.69, 9.17) is 9.47 Å². The van der Waals surface area contributed by atoms with Crippen molar-refractivity contribution in [3.8, 4) is 17.2 Å². The summed E-state index contributed by atoms with van der Waals surface area (Å²) in [5.41, 5.74) is 3.32. The van der Waals surface area contributed by atoms with Gasteiger partial charge in [0.1, 0.15) is 5.75 Å². The van der Waals surface area contributed by atoms with Crippen LogP contribution in [0.4, 0.5) is 8.78 Å². The molecule has 0 atom stereocenters. The monoisotopic (exact) mass is 378 g/mol. The molecule has 0 aliphatic rings. The number of hydrogen-bond acceptors (Lipinski definition) is 5. The number of carbonyl (C=O) groups excluding carboxylic acids is 1. The van der Waals surface area contributed by atoms with Gasteiger partial charge >= 0.3 is 6.61 Å². The van der Waals surface area contributed by atoms with Crippen LogP contribution in [0.3, 0.4) is 0 Å². The minimum absolute atomic E-state index is 0.0132. The standard InChI is InChI=1S/C19H20F2N2O4/c1-3-25-16-9-4-5-10-17(16)26-12-18(24)23-22-13(2)14-7-6-8-15(11-14)27-19(20)21/h4-11,19H,3,12H2,1-2H3,(H,23,24)/b22-13+. The zero-order chi connectivity index (χ0) is 19.6. The minimum atomic E-state index is -2.91. The summed E-state index contributed by atoms with van der Waals surface area (Å²) in [6.07, 6.45) is 0. The van der Waals surface area contributed by atoms with Gasteiger partial charge in [0.15, 0.2) is 18.1 Å². The first-order chi connectivity index (χ1) is 13.0. The second-order valence-corrected chi connectivity index (χ2v) is 5.31. The highest BCUT2D eigenvalue weighted by molar-refractivity contribution is 5.99. The number of ether oxygens (including phenoxy) is 3. The molecule has 2 rings (SSSR count). The maximum absolute atomic E-state index is 12.3. The van der Waals surface area contributed by atoms with Gasteiger partial charge in [-0.25, -0.2) is 5.43 Å². The molecule has 27 heavy (non-hydrogen) atoms. The van der Waals surface area contributed by atoms with E-state index in [1.165, 1.54) is 12.1 Å². The van der Waals surface area contributed by atoms with Crippen LogP contribution in [0.25, 0.3) is 0 Å². The number of alkyl halides is 2. The fourth-order valence-electron chi connectivity index (χ4n) is 2.13. The lowest BCUT2D eigenvalue weighted by Crippen LogP contribution is -2.25. The van der Waals surface area contributed by atoms with Crippen LogP contribution in [0.1, 0.15) is 19.4 Å². The van der Waals surface area contributed by atoms with Crippen LogP contribution in [-0.2, 0) is 4.79 Å². The fraction of sp³-hybridized carbons (Fsp3) is 0.263. The number of halogens is 2. The molecule has 0 spiro atoms. The Hall–Kier alpha value is -3.16. The predicted octanol–water partition coefficient (Wildman–Crippen LogP) is 3.61. The third-order valence-corrected chi connectivity index (χ3v) is 3.33. The maximum atomic E-state index is 12.3. The third kappa shape index (κ3) is 6.58. The Labute approximate surface area is 155 Å². The van der Waals surface area contributed by atoms with E-state index in [9.17, 15) is 13.6 Å². The molecular formula is C19H20F2N2O4. The van der Waals surface area contributed by atoms with Crippen LogP contribution in [0, 0.1) is 0 Å². The highest BCUT2D eigenvalue weighted by atomic mass is 19.3. The summed E-state index contributed by atoms with van der Waals surface area (Å²) < 4.78 is 39.8. The molecule has 0 bridgehead atoms. The minimum Gasteiger partial charge on any atom is -0.490 e. The summed E-state index contributed by atoms with van der Waals surface area (Å²) in [6.45, 7) is 0.795. The van der Waals surface area contributed by atoms with Crippen LogP contribution in [0.15, 0.2) is 53.6 Å². The van der Waals surface area contributed by atoms with Crippen molar-refractivity contribution in [3.05, 3.63) is 54.1 Å². The van der Waals surface area contributed by atoms with Crippen LogP contribution in [0.2, 0.25) is 0 Å². The molecule has 0 saturated heterocycles. The van der Waals surface area contributed by atoms with Crippen LogP contribution < -0.4 is 19.6 Å². The molecule has 0 aromatic heterocycles. The third-order valence-electron chi connectivity index (χ3n) is 3.33. The molecule has 0 aliphatic carbocycles. The van der Waals surface area contributed by atoms with Gasteiger partial charge in [-0.05, 0) is 38.1 Å². The fourth-order valence-corrected chi connectivity index (χ4v) is 2.13. The molecule has 1 amide bonds. The van der Waals surface area contributed by atoms with E-state index >= 15 is 0 Å². The number of carbonyl (C=O) groups is 1. The number of para-hydroxylation sites is 2. The van der Waals surface area contributed by atoms with Gasteiger partial charge in [0.25, 0.3) is 5.91 Å². The van der Waals surface area contributed by atoms with E-state index in [1.54, 1.807) is 43.3 Å². The summed E-state index contributed by atoms with van der Waals surface area (Å²) in [7, 11) is 0. The Morgan fingerprint density at radius 2 is 1.81 bits per heavy atom. The summed E-state index contributed by atoms with van der Waals surface area (Å²) in [6, 6.07) is 13.1. The SMILES string of the molecule is CCOc1ccccc1OCC(=O)N/N=C(\C)c1cccc(OC(F)F)c1. The number of benzene rings is 2. The van der Waals surface area contributed by atoms with Crippen molar-refractivity contribution in [2.75, 3.05) is 13.2 Å². The number of hydrogen-bond donors (Lipinski definition) is 1. The quantitative estimate of drug-likeness (QED) is 0.535. The maximum Gasteiger partial charge on any atom is 0.387 e. The number of nitrogens with one attached hydrogen (secondary N) is 1. The Kier molecular flexibility index (Phi) is 7.54. The first kappa shape index (κ1) is 20.2. The summed E-state index contributed by atoms with van der Waals surface area (Å²) >= 11 is 0. The molecule has 1 N–H and O–H groups in total. The van der Waals surface area contributed by atoms with Crippen molar-refractivity contribution >= 4 is 11.6 Å². The molecule has 0 aliphatic heterocycles. The first-order valence-electron chi connectivity index (χ1n) is 8.22. The van der Waals surface area contributed by atoms with Gasteiger partial charge in [-0.2, -0.15) is 13.9 Å². The van der Waals surface area contributed by atoms with Crippen molar-refractivity contribution in [2.24, 2.45) is 5.10 Å². The predicted molar refractivity (Wildman–Crippen MR) is 96.5 cm³/mol. The molecule has 2 aromatic rings. The largest absolute Gasteiger partial charge is 0.490 e. The lowest BCUT2D eigenvalue weighted by Gasteiger charge is -2.11. The van der Waals surface area contributed by atoms with Gasteiger partial charge in [-0.15, -0.1) is 0 Å². The average molecular weight is 378 g/mol. The molecule has 0 saturated carbocycles. The Balaban J connectivity index is 1.92. The molecule has 0 fully saturated rings. The number of hydrazone groups is 1. The molecule has 144 valence electrons. The lowest BCUT2D eigenvalue weighted by atomic mass is 10.1. The first-order valence-corrected chi connectivity index (χ1v) is 8.22. The van der Waals surface area contributed by atoms with Crippen LogP contribution in [0.5, 0.6) is 17.2 Å². The smallest absolute Gasteiger partial charge is 0.387 e. The molecule has 0 radical (unpaired) electrons. The Morgan fingerprint density at radius 1 is 1.11 bits per heavy atom. The van der Waals surface area contributed by atoms with Crippen molar-refractivity contribution < 1.29 is 27.8 Å². The molecule has 0 unspecified atom stereocenters. The second-order valence-electron chi connectivity index (χ2n) is 5.31. The number of rotatable bonds is 9. The Bertz CT molecular complexity index is 797. The van der Waals surface area contributed by atoms with Gasteiger partial charge in [-0.1, -0.05) is 24.3 Å². The molecular weight excluding hydrogens is 358 g/mol. The van der Waals surface area contributed by atoms with E-state index in [2.05, 4.69) is 15.3 Å². The van der Waals surface area contributed by atoms with Crippen molar-refractivity contribution in [3.63, 3.8) is 0 Å². The number of nitrogens with zero attached hydrogens (tertiary/aromatic N) is 1. The van der Waals surface area contributed by atoms with Gasteiger partial charge < -0.3 is 14.2 Å². The van der Waals surface area contributed by atoms with E-state index in [1.807, 2.05) is 6.92 Å². The highest BCUT2D eigenvalue weighted by Gasteiger charge is 2.08. The van der Waals surface area contributed by atoms with Gasteiger partial charge in [0, 0.05) is 5.56 Å². The zero-order valence-corrected chi connectivity index (χ0v) is 14.9. The van der Waals surface area contributed by atoms with Crippen molar-refractivity contribution in [1.82, 2.24) is 5.43 Å². The van der Waals surface area contributed by atoms with Gasteiger partial charge in [0.05, 0.1) is 12.3 Å². The van der Waals surface area contributed by atoms with Gasteiger partial charge in [0.2, 0.25) is 0 Å². The highest BCUT2D eigenvalue weighted by Crippen LogP contribution is 2.26. The van der Waals surface area contributed by atoms with Crippen molar-refractivity contribution in [1.29, 1.82) is 0 Å². The van der Waals surface area contributed by atoms with E-state index in [0.29, 0.717) is 29.4 Å². The molecule has 0 heterocycles. The summed E-state index contributed by atoms with van der Waals surface area (Å²) in [5.74, 6) is 0.537. The normalized spacial score (nSPS) is 11.2. The summed E-state index contributed by atoms with van der Waals surface area (Å²) in [4.78, 5) is 11.9. The zero-order valence-electron chi connectivity index (χ0n) is 14.9. The lowest BCUT2D eigenvalue weighted by molar-refractivity contribution is -0.123. The second kappa shape index (κ2) is 10.1. The molecule has 8 heteroatoms. The molecule has 6 nitrogen and oxygen atoms in total. The van der Waals surface area contributed by atoms with E-state index in [-0.39, 0.29) is 12.4 Å². The van der Waals surface area contributed by atoms with Crippen LogP contribution >= 0.6 is 0 Å². The van der Waals surface area contributed by atoms with E-state index in [0.717, 1.165) is 0 Å². The van der Waals surface area contributed by atoms with E-state index < -0.39 is 12.5 Å². The Morgan fingerprint density at radius 3 is 2.48 bits per heavy atom. The topological polar surface area (TPSA) is 69.2 Å². The van der Waals surface area contributed by atoms with Crippen molar-refractivity contribution in [2.45, 2.75) is 20.5 Å². The molecule has 2 aromatic carbocycles. The van der Waals surface area contributed by atoms with Gasteiger partial charge in [-0.3, -0.25) is 4.79 Å².